The van der Waals surface area contributed by atoms with Crippen LogP contribution >= 0.6 is 0 Å². The molecule has 0 aromatic heterocycles. The van der Waals surface area contributed by atoms with E-state index in [1.165, 1.54) is 12.1 Å². The predicted molar refractivity (Wildman–Crippen MR) is 107 cm³/mol. The summed E-state index contributed by atoms with van der Waals surface area (Å²) in [5.74, 6) is 0.488. The SMILES string of the molecule is CCNC(=NCCCS(=O)(=O)c1ccccc1)N(C)Cc1ccc(F)cc1. The summed E-state index contributed by atoms with van der Waals surface area (Å²) in [6, 6.07) is 14.8. The molecule has 0 unspecified atom stereocenters. The van der Waals surface area contributed by atoms with Gasteiger partial charge in [-0.15, -0.1) is 0 Å². The number of aliphatic imine (C=N–C) groups is 1. The van der Waals surface area contributed by atoms with Gasteiger partial charge in [-0.05, 0) is 43.2 Å². The third kappa shape index (κ3) is 6.67. The smallest absolute Gasteiger partial charge is 0.193 e. The first-order chi connectivity index (χ1) is 12.9. The van der Waals surface area contributed by atoms with Crippen molar-refractivity contribution in [2.24, 2.45) is 4.99 Å². The van der Waals surface area contributed by atoms with Crippen LogP contribution in [0.3, 0.4) is 0 Å². The molecule has 0 heterocycles. The van der Waals surface area contributed by atoms with Crippen molar-refractivity contribution in [2.45, 2.75) is 24.8 Å². The van der Waals surface area contributed by atoms with E-state index in [-0.39, 0.29) is 11.6 Å². The lowest BCUT2D eigenvalue weighted by Gasteiger charge is -2.22. The van der Waals surface area contributed by atoms with Gasteiger partial charge in [0.2, 0.25) is 0 Å². The summed E-state index contributed by atoms with van der Waals surface area (Å²) >= 11 is 0. The highest BCUT2D eigenvalue weighted by Gasteiger charge is 2.13. The molecule has 0 atom stereocenters. The molecule has 0 aliphatic rings. The van der Waals surface area contributed by atoms with Crippen molar-refractivity contribution in [3.63, 3.8) is 0 Å². The molecule has 7 heteroatoms. The standard InChI is InChI=1S/C20H26FN3O2S/c1-3-22-20(24(2)16-17-10-12-18(21)13-11-17)23-14-7-15-27(25,26)19-8-5-4-6-9-19/h4-6,8-13H,3,7,14-16H2,1-2H3,(H,22,23). The average molecular weight is 392 g/mol. The van der Waals surface area contributed by atoms with E-state index >= 15 is 0 Å². The first-order valence-corrected chi connectivity index (χ1v) is 10.6. The van der Waals surface area contributed by atoms with E-state index in [4.69, 9.17) is 0 Å². The van der Waals surface area contributed by atoms with Gasteiger partial charge in [-0.1, -0.05) is 30.3 Å². The number of hydrogen-bond acceptors (Lipinski definition) is 3. The Hall–Kier alpha value is -2.41. The topological polar surface area (TPSA) is 61.8 Å². The second kappa shape index (κ2) is 10.1. The molecule has 2 aromatic carbocycles. The molecular weight excluding hydrogens is 365 g/mol. The molecule has 0 saturated heterocycles. The number of rotatable bonds is 8. The van der Waals surface area contributed by atoms with Gasteiger partial charge in [0.15, 0.2) is 15.8 Å². The van der Waals surface area contributed by atoms with Crippen LogP contribution in [0.15, 0.2) is 64.5 Å². The average Bonchev–Trinajstić information content (AvgIpc) is 2.66. The maximum atomic E-state index is 13.0. The van der Waals surface area contributed by atoms with Crippen molar-refractivity contribution in [3.05, 3.63) is 66.0 Å². The van der Waals surface area contributed by atoms with E-state index < -0.39 is 9.84 Å². The van der Waals surface area contributed by atoms with Gasteiger partial charge in [0.25, 0.3) is 0 Å². The molecule has 1 N–H and O–H groups in total. The van der Waals surface area contributed by atoms with E-state index in [0.717, 1.165) is 5.56 Å². The van der Waals surface area contributed by atoms with Gasteiger partial charge < -0.3 is 10.2 Å². The van der Waals surface area contributed by atoms with Gasteiger partial charge in [-0.25, -0.2) is 12.8 Å². The Morgan fingerprint density at radius 2 is 1.78 bits per heavy atom. The number of nitrogens with one attached hydrogen (secondary N) is 1. The Morgan fingerprint density at radius 1 is 1.11 bits per heavy atom. The van der Waals surface area contributed by atoms with E-state index in [9.17, 15) is 12.8 Å². The number of benzene rings is 2. The number of nitrogens with zero attached hydrogens (tertiary/aromatic N) is 2. The quantitative estimate of drug-likeness (QED) is 0.427. The molecule has 0 amide bonds. The zero-order valence-electron chi connectivity index (χ0n) is 15.7. The Labute approximate surface area is 160 Å². The second-order valence-electron chi connectivity index (χ2n) is 6.20. The summed E-state index contributed by atoms with van der Waals surface area (Å²) in [5, 5.41) is 3.20. The monoisotopic (exact) mass is 391 g/mol. The summed E-state index contributed by atoms with van der Waals surface area (Å²) in [7, 11) is -1.39. The van der Waals surface area contributed by atoms with E-state index in [2.05, 4.69) is 10.3 Å². The van der Waals surface area contributed by atoms with Gasteiger partial charge in [-0.3, -0.25) is 4.99 Å². The van der Waals surface area contributed by atoms with Crippen molar-refractivity contribution in [2.75, 3.05) is 25.9 Å². The third-order valence-corrected chi connectivity index (χ3v) is 5.78. The van der Waals surface area contributed by atoms with E-state index in [1.807, 2.05) is 18.9 Å². The van der Waals surface area contributed by atoms with Crippen LogP contribution in [0.1, 0.15) is 18.9 Å². The molecular formula is C20H26FN3O2S. The first kappa shape index (κ1) is 20.9. The van der Waals surface area contributed by atoms with Crippen LogP contribution in [-0.2, 0) is 16.4 Å². The molecule has 0 bridgehead atoms. The van der Waals surface area contributed by atoms with Crippen molar-refractivity contribution < 1.29 is 12.8 Å². The first-order valence-electron chi connectivity index (χ1n) is 8.94. The molecule has 2 aromatic rings. The highest BCUT2D eigenvalue weighted by molar-refractivity contribution is 7.91. The minimum Gasteiger partial charge on any atom is -0.357 e. The van der Waals surface area contributed by atoms with E-state index in [0.29, 0.717) is 36.9 Å². The molecule has 0 fully saturated rings. The van der Waals surface area contributed by atoms with Crippen molar-refractivity contribution in [3.8, 4) is 0 Å². The molecule has 146 valence electrons. The van der Waals surface area contributed by atoms with E-state index in [1.54, 1.807) is 42.5 Å². The maximum absolute atomic E-state index is 13.0. The molecule has 0 radical (unpaired) electrons. The zero-order valence-corrected chi connectivity index (χ0v) is 16.5. The van der Waals surface area contributed by atoms with Crippen LogP contribution in [0.4, 0.5) is 4.39 Å². The normalized spacial score (nSPS) is 12.0. The Morgan fingerprint density at radius 3 is 2.41 bits per heavy atom. The summed E-state index contributed by atoms with van der Waals surface area (Å²) in [4.78, 5) is 6.79. The minimum atomic E-state index is -3.28. The molecule has 0 saturated carbocycles. The highest BCUT2D eigenvalue weighted by atomic mass is 32.2. The van der Waals surface area contributed by atoms with Crippen LogP contribution in [0.2, 0.25) is 0 Å². The predicted octanol–water partition coefficient (Wildman–Crippen LogP) is 3.09. The van der Waals surface area contributed by atoms with Gasteiger partial charge >= 0.3 is 0 Å². The zero-order chi connectivity index (χ0) is 19.7. The van der Waals surface area contributed by atoms with Crippen LogP contribution < -0.4 is 5.32 Å². The summed E-state index contributed by atoms with van der Waals surface area (Å²) in [5.41, 5.74) is 0.969. The van der Waals surface area contributed by atoms with Gasteiger partial charge in [-0.2, -0.15) is 0 Å². The molecule has 0 aliphatic carbocycles. The second-order valence-corrected chi connectivity index (χ2v) is 8.31. The third-order valence-electron chi connectivity index (χ3n) is 3.96. The Bertz CT molecular complexity index is 837. The Kier molecular flexibility index (Phi) is 7.79. The summed E-state index contributed by atoms with van der Waals surface area (Å²) in [6.45, 7) is 3.66. The number of guanidine groups is 1. The van der Waals surface area contributed by atoms with Crippen LogP contribution in [0.5, 0.6) is 0 Å². The Balaban J connectivity index is 1.93. The minimum absolute atomic E-state index is 0.0571. The lowest BCUT2D eigenvalue weighted by atomic mass is 10.2. The number of hydrogen-bond donors (Lipinski definition) is 1. The molecule has 5 nitrogen and oxygen atoms in total. The lowest BCUT2D eigenvalue weighted by Crippen LogP contribution is -2.38. The summed E-state index contributed by atoms with van der Waals surface area (Å²) < 4.78 is 37.6. The van der Waals surface area contributed by atoms with Crippen LogP contribution in [-0.4, -0.2) is 45.2 Å². The molecule has 0 aliphatic heterocycles. The van der Waals surface area contributed by atoms with Gasteiger partial charge in [0, 0.05) is 26.7 Å². The number of halogens is 1. The fraction of sp³-hybridized carbons (Fsp3) is 0.350. The van der Waals surface area contributed by atoms with Crippen molar-refractivity contribution >= 4 is 15.8 Å². The molecule has 0 spiro atoms. The largest absolute Gasteiger partial charge is 0.357 e. The highest BCUT2D eigenvalue weighted by Crippen LogP contribution is 2.11. The van der Waals surface area contributed by atoms with Gasteiger partial charge in [0.1, 0.15) is 5.82 Å². The number of sulfone groups is 1. The van der Waals surface area contributed by atoms with Gasteiger partial charge in [0.05, 0.1) is 10.6 Å². The molecule has 27 heavy (non-hydrogen) atoms. The summed E-state index contributed by atoms with van der Waals surface area (Å²) in [6.07, 6.45) is 0.441. The van der Waals surface area contributed by atoms with Crippen LogP contribution in [0, 0.1) is 5.82 Å². The van der Waals surface area contributed by atoms with Crippen LogP contribution in [0.25, 0.3) is 0 Å². The maximum Gasteiger partial charge on any atom is 0.193 e. The molecule has 2 rings (SSSR count). The lowest BCUT2D eigenvalue weighted by molar-refractivity contribution is 0.476. The van der Waals surface area contributed by atoms with Crippen molar-refractivity contribution in [1.82, 2.24) is 10.2 Å². The fourth-order valence-electron chi connectivity index (χ4n) is 2.59. The fourth-order valence-corrected chi connectivity index (χ4v) is 3.91. The van der Waals surface area contributed by atoms with Crippen molar-refractivity contribution in [1.29, 1.82) is 0 Å².